The van der Waals surface area contributed by atoms with Crippen molar-refractivity contribution < 1.29 is 9.90 Å². The van der Waals surface area contributed by atoms with Gasteiger partial charge in [-0.2, -0.15) is 0 Å². The zero-order valence-corrected chi connectivity index (χ0v) is 12.7. The number of hydrogen-bond acceptors (Lipinski definition) is 2. The first-order chi connectivity index (χ1) is 10.1. The van der Waals surface area contributed by atoms with Crippen LogP contribution in [0.15, 0.2) is 18.2 Å². The van der Waals surface area contributed by atoms with Crippen LogP contribution in [0.25, 0.3) is 0 Å². The van der Waals surface area contributed by atoms with Gasteiger partial charge in [0.2, 0.25) is 5.91 Å². The third-order valence-electron chi connectivity index (χ3n) is 6.09. The molecule has 0 spiro atoms. The molecule has 3 heteroatoms. The van der Waals surface area contributed by atoms with Crippen LogP contribution in [0.3, 0.4) is 0 Å². The van der Waals surface area contributed by atoms with E-state index in [-0.39, 0.29) is 17.6 Å². The summed E-state index contributed by atoms with van der Waals surface area (Å²) >= 11 is 0. The van der Waals surface area contributed by atoms with Crippen LogP contribution in [-0.4, -0.2) is 17.6 Å². The Bertz CT molecular complexity index is 581. The van der Waals surface area contributed by atoms with Crippen molar-refractivity contribution >= 4 is 11.6 Å². The van der Waals surface area contributed by atoms with E-state index in [1.165, 1.54) is 19.3 Å². The molecule has 0 aliphatic heterocycles. The van der Waals surface area contributed by atoms with Gasteiger partial charge in [-0.25, -0.2) is 0 Å². The van der Waals surface area contributed by atoms with Crippen molar-refractivity contribution in [1.82, 2.24) is 0 Å². The second kappa shape index (κ2) is 4.49. The summed E-state index contributed by atoms with van der Waals surface area (Å²) in [7, 11) is 0. The van der Waals surface area contributed by atoms with Gasteiger partial charge in [0.1, 0.15) is 5.75 Å². The molecule has 4 rings (SSSR count). The number of aromatic hydroxyl groups is 1. The SMILES string of the molecule is CCN(C(=O)C1C2C3CCC(C3)C12)c1cc(O)ccc1C. The van der Waals surface area contributed by atoms with Gasteiger partial charge in [-0.3, -0.25) is 4.79 Å². The molecule has 3 aliphatic rings. The molecule has 0 saturated heterocycles. The summed E-state index contributed by atoms with van der Waals surface area (Å²) in [5.41, 5.74) is 1.93. The molecule has 4 atom stereocenters. The van der Waals surface area contributed by atoms with E-state index in [2.05, 4.69) is 0 Å². The standard InChI is InChI=1S/C18H23NO2/c1-3-19(14-9-13(20)7-4-10(14)2)18(21)17-15-11-5-6-12(8-11)16(15)17/h4,7,9,11-12,15-17,20H,3,5-6,8H2,1-2H3. The molecule has 1 aromatic rings. The van der Waals surface area contributed by atoms with Crippen LogP contribution in [0.2, 0.25) is 0 Å². The first-order valence-electron chi connectivity index (χ1n) is 8.22. The summed E-state index contributed by atoms with van der Waals surface area (Å²) in [4.78, 5) is 14.9. The van der Waals surface area contributed by atoms with Crippen LogP contribution in [0.1, 0.15) is 31.7 Å². The molecular weight excluding hydrogens is 262 g/mol. The lowest BCUT2D eigenvalue weighted by Gasteiger charge is -2.24. The average Bonchev–Trinajstić information content (AvgIpc) is 2.91. The number of rotatable bonds is 3. The van der Waals surface area contributed by atoms with Crippen LogP contribution in [0.4, 0.5) is 5.69 Å². The van der Waals surface area contributed by atoms with Crippen molar-refractivity contribution in [3.63, 3.8) is 0 Å². The second-order valence-electron chi connectivity index (χ2n) is 7.07. The molecule has 0 aromatic heterocycles. The fraction of sp³-hybridized carbons (Fsp3) is 0.611. The zero-order valence-electron chi connectivity index (χ0n) is 12.7. The Kier molecular flexibility index (Phi) is 2.82. The van der Waals surface area contributed by atoms with Crippen molar-refractivity contribution in [3.8, 4) is 5.75 Å². The minimum atomic E-state index is 0.234. The Balaban J connectivity index is 1.59. The highest BCUT2D eigenvalue weighted by Crippen LogP contribution is 2.69. The molecule has 1 amide bonds. The van der Waals surface area contributed by atoms with Crippen molar-refractivity contribution in [1.29, 1.82) is 0 Å². The van der Waals surface area contributed by atoms with Gasteiger partial charge < -0.3 is 10.0 Å². The molecule has 0 radical (unpaired) electrons. The fourth-order valence-corrected chi connectivity index (χ4v) is 5.17. The summed E-state index contributed by atoms with van der Waals surface area (Å²) in [6.07, 6.45) is 4.05. The van der Waals surface area contributed by atoms with Crippen LogP contribution < -0.4 is 4.90 Å². The molecule has 0 heterocycles. The Morgan fingerprint density at radius 3 is 2.57 bits per heavy atom. The molecule has 2 bridgehead atoms. The van der Waals surface area contributed by atoms with Crippen molar-refractivity contribution in [2.75, 3.05) is 11.4 Å². The van der Waals surface area contributed by atoms with Crippen LogP contribution in [-0.2, 0) is 4.79 Å². The predicted molar refractivity (Wildman–Crippen MR) is 82.2 cm³/mol. The number of phenols is 1. The Morgan fingerprint density at radius 2 is 1.95 bits per heavy atom. The van der Waals surface area contributed by atoms with Crippen molar-refractivity contribution in [3.05, 3.63) is 23.8 Å². The molecule has 1 aromatic carbocycles. The highest BCUT2D eigenvalue weighted by atomic mass is 16.3. The molecular formula is C18H23NO2. The lowest BCUT2D eigenvalue weighted by molar-refractivity contribution is -0.120. The molecule has 3 fully saturated rings. The van der Waals surface area contributed by atoms with Crippen LogP contribution in [0, 0.1) is 36.5 Å². The predicted octanol–water partition coefficient (Wildman–Crippen LogP) is 3.35. The largest absolute Gasteiger partial charge is 0.508 e. The molecule has 3 aliphatic carbocycles. The maximum absolute atomic E-state index is 13.0. The topological polar surface area (TPSA) is 40.5 Å². The van der Waals surface area contributed by atoms with Gasteiger partial charge in [-0.05, 0) is 68.4 Å². The maximum Gasteiger partial charge on any atom is 0.230 e. The average molecular weight is 285 g/mol. The van der Waals surface area contributed by atoms with E-state index in [9.17, 15) is 9.90 Å². The minimum absolute atomic E-state index is 0.234. The van der Waals surface area contributed by atoms with E-state index in [1.54, 1.807) is 12.1 Å². The van der Waals surface area contributed by atoms with E-state index in [0.717, 1.165) is 23.1 Å². The molecule has 21 heavy (non-hydrogen) atoms. The summed E-state index contributed by atoms with van der Waals surface area (Å²) in [5.74, 6) is 3.76. The summed E-state index contributed by atoms with van der Waals surface area (Å²) in [5, 5.41) is 9.74. The van der Waals surface area contributed by atoms with Crippen molar-refractivity contribution in [2.45, 2.75) is 33.1 Å². The molecule has 112 valence electrons. The monoisotopic (exact) mass is 285 g/mol. The number of hydrogen-bond donors (Lipinski definition) is 1. The van der Waals surface area contributed by atoms with E-state index in [4.69, 9.17) is 0 Å². The second-order valence-corrected chi connectivity index (χ2v) is 7.07. The Morgan fingerprint density at radius 1 is 1.29 bits per heavy atom. The van der Waals surface area contributed by atoms with Crippen LogP contribution in [0.5, 0.6) is 5.75 Å². The van der Waals surface area contributed by atoms with E-state index in [1.807, 2.05) is 24.8 Å². The third kappa shape index (κ3) is 1.82. The summed E-state index contributed by atoms with van der Waals surface area (Å²) < 4.78 is 0. The number of nitrogens with zero attached hydrogens (tertiary/aromatic N) is 1. The van der Waals surface area contributed by atoms with Crippen LogP contribution >= 0.6 is 0 Å². The summed E-state index contributed by atoms with van der Waals surface area (Å²) in [6, 6.07) is 5.30. The number of phenolic OH excluding ortho intramolecular Hbond substituents is 1. The quantitative estimate of drug-likeness (QED) is 0.925. The van der Waals surface area contributed by atoms with Gasteiger partial charge in [0.05, 0.1) is 5.69 Å². The smallest absolute Gasteiger partial charge is 0.230 e. The number of aryl methyl sites for hydroxylation is 1. The number of benzene rings is 1. The highest BCUT2D eigenvalue weighted by molar-refractivity contribution is 5.98. The number of fused-ring (bicyclic) bond motifs is 5. The van der Waals surface area contributed by atoms with Gasteiger partial charge in [0.15, 0.2) is 0 Å². The van der Waals surface area contributed by atoms with E-state index < -0.39 is 0 Å². The Labute approximate surface area is 126 Å². The van der Waals surface area contributed by atoms with E-state index in [0.29, 0.717) is 18.4 Å². The lowest BCUT2D eigenvalue weighted by atomic mass is 10.0. The van der Waals surface area contributed by atoms with E-state index >= 15 is 0 Å². The molecule has 1 N–H and O–H groups in total. The lowest BCUT2D eigenvalue weighted by Crippen LogP contribution is -2.34. The first kappa shape index (κ1) is 13.2. The zero-order chi connectivity index (χ0) is 14.7. The molecule has 3 saturated carbocycles. The summed E-state index contributed by atoms with van der Waals surface area (Å²) in [6.45, 7) is 4.70. The first-order valence-corrected chi connectivity index (χ1v) is 8.22. The van der Waals surface area contributed by atoms with Gasteiger partial charge in [0.25, 0.3) is 0 Å². The maximum atomic E-state index is 13.0. The van der Waals surface area contributed by atoms with Gasteiger partial charge in [0, 0.05) is 18.5 Å². The fourth-order valence-electron chi connectivity index (χ4n) is 5.17. The number of anilines is 1. The Hall–Kier alpha value is -1.51. The molecule has 4 unspecified atom stereocenters. The minimum Gasteiger partial charge on any atom is -0.508 e. The van der Waals surface area contributed by atoms with Gasteiger partial charge >= 0.3 is 0 Å². The van der Waals surface area contributed by atoms with Gasteiger partial charge in [-0.15, -0.1) is 0 Å². The number of amides is 1. The normalized spacial score (nSPS) is 35.6. The van der Waals surface area contributed by atoms with Crippen molar-refractivity contribution in [2.24, 2.45) is 29.6 Å². The van der Waals surface area contributed by atoms with Gasteiger partial charge in [-0.1, -0.05) is 6.07 Å². The third-order valence-corrected chi connectivity index (χ3v) is 6.09. The molecule has 3 nitrogen and oxygen atoms in total. The number of carbonyl (C=O) groups is 1. The highest BCUT2D eigenvalue weighted by Gasteiger charge is 2.68. The number of carbonyl (C=O) groups excluding carboxylic acids is 1.